The molecule has 6 heteroatoms. The molecule has 0 saturated carbocycles. The van der Waals surface area contributed by atoms with E-state index in [0.717, 1.165) is 11.5 Å². The van der Waals surface area contributed by atoms with Gasteiger partial charge in [0.1, 0.15) is 5.82 Å². The number of aliphatic hydroxyl groups excluding tert-OH is 1. The molecule has 2 rings (SSSR count). The summed E-state index contributed by atoms with van der Waals surface area (Å²) in [4.78, 5) is 0.662. The summed E-state index contributed by atoms with van der Waals surface area (Å²) in [5.41, 5.74) is 0.683. The Balaban J connectivity index is 2.12. The summed E-state index contributed by atoms with van der Waals surface area (Å²) in [6.07, 6.45) is 1.11. The van der Waals surface area contributed by atoms with Gasteiger partial charge in [-0.2, -0.15) is 0 Å². The second-order valence-corrected chi connectivity index (χ2v) is 4.51. The van der Waals surface area contributed by atoms with Gasteiger partial charge in [-0.3, -0.25) is 0 Å². The van der Waals surface area contributed by atoms with Crippen molar-refractivity contribution in [1.82, 2.24) is 9.59 Å². The molecular formula is C10H8ClFN2OS. The van der Waals surface area contributed by atoms with Crippen molar-refractivity contribution < 1.29 is 9.50 Å². The van der Waals surface area contributed by atoms with E-state index in [-0.39, 0.29) is 5.02 Å². The molecule has 0 fully saturated rings. The minimum Gasteiger partial charge on any atom is -0.387 e. The van der Waals surface area contributed by atoms with Crippen LogP contribution >= 0.6 is 23.1 Å². The van der Waals surface area contributed by atoms with Crippen LogP contribution in [0.2, 0.25) is 5.02 Å². The van der Waals surface area contributed by atoms with Crippen molar-refractivity contribution in [2.45, 2.75) is 12.5 Å². The molecule has 1 aromatic carbocycles. The minimum absolute atomic E-state index is 0.0812. The number of rotatable bonds is 3. The van der Waals surface area contributed by atoms with E-state index in [0.29, 0.717) is 16.9 Å². The lowest BCUT2D eigenvalue weighted by atomic mass is 10.1. The van der Waals surface area contributed by atoms with Crippen molar-refractivity contribution in [3.05, 3.63) is 45.7 Å². The quantitative estimate of drug-likeness (QED) is 0.921. The van der Waals surface area contributed by atoms with E-state index in [9.17, 15) is 9.50 Å². The van der Waals surface area contributed by atoms with Crippen molar-refractivity contribution in [2.75, 3.05) is 0 Å². The maximum absolute atomic E-state index is 13.1. The number of benzene rings is 1. The van der Waals surface area contributed by atoms with Gasteiger partial charge in [-0.15, -0.1) is 5.10 Å². The second-order valence-electron chi connectivity index (χ2n) is 3.29. The number of hydrogen-bond acceptors (Lipinski definition) is 4. The van der Waals surface area contributed by atoms with Gasteiger partial charge in [0, 0.05) is 6.42 Å². The molecule has 0 aliphatic heterocycles. The highest BCUT2D eigenvalue weighted by Crippen LogP contribution is 2.22. The van der Waals surface area contributed by atoms with Gasteiger partial charge in [0.05, 0.1) is 22.2 Å². The maximum atomic E-state index is 13.1. The molecule has 0 radical (unpaired) electrons. The zero-order chi connectivity index (χ0) is 11.5. The van der Waals surface area contributed by atoms with Crippen LogP contribution in [0.15, 0.2) is 24.4 Å². The van der Waals surface area contributed by atoms with Crippen molar-refractivity contribution in [3.63, 3.8) is 0 Å². The van der Waals surface area contributed by atoms with Gasteiger partial charge in [-0.05, 0) is 29.2 Å². The van der Waals surface area contributed by atoms with Crippen LogP contribution in [0.3, 0.4) is 0 Å². The Kier molecular flexibility index (Phi) is 3.48. The fourth-order valence-electron chi connectivity index (χ4n) is 1.31. The minimum atomic E-state index is -0.708. The maximum Gasteiger partial charge on any atom is 0.142 e. The van der Waals surface area contributed by atoms with E-state index in [1.165, 1.54) is 18.3 Å². The SMILES string of the molecule is OC(Cc1ccc(Cl)c(F)c1)c1cnns1. The highest BCUT2D eigenvalue weighted by atomic mass is 35.5. The molecule has 1 aromatic heterocycles. The van der Waals surface area contributed by atoms with Crippen LogP contribution in [0.4, 0.5) is 4.39 Å². The van der Waals surface area contributed by atoms with E-state index in [1.807, 2.05) is 0 Å². The van der Waals surface area contributed by atoms with Crippen molar-refractivity contribution in [1.29, 1.82) is 0 Å². The zero-order valence-corrected chi connectivity index (χ0v) is 9.67. The van der Waals surface area contributed by atoms with Crippen LogP contribution in [0.25, 0.3) is 0 Å². The standard InChI is InChI=1S/C10H8ClFN2OS/c11-7-2-1-6(3-8(7)12)4-9(15)10-5-13-14-16-10/h1-3,5,9,15H,4H2. The average Bonchev–Trinajstić information content (AvgIpc) is 2.77. The molecule has 1 N–H and O–H groups in total. The first kappa shape index (κ1) is 11.4. The summed E-state index contributed by atoms with van der Waals surface area (Å²) in [5, 5.41) is 13.5. The van der Waals surface area contributed by atoms with Crippen LogP contribution in [-0.2, 0) is 6.42 Å². The first-order valence-electron chi connectivity index (χ1n) is 4.56. The summed E-state index contributed by atoms with van der Waals surface area (Å²) in [7, 11) is 0. The van der Waals surface area contributed by atoms with Gasteiger partial charge in [-0.25, -0.2) is 4.39 Å². The van der Waals surface area contributed by atoms with Crippen LogP contribution in [0.1, 0.15) is 16.5 Å². The molecule has 0 bridgehead atoms. The fourth-order valence-corrected chi connectivity index (χ4v) is 1.92. The lowest BCUT2D eigenvalue weighted by Gasteiger charge is -2.07. The Labute approximate surface area is 101 Å². The monoisotopic (exact) mass is 258 g/mol. The molecule has 0 aliphatic carbocycles. The molecule has 2 aromatic rings. The highest BCUT2D eigenvalue weighted by molar-refractivity contribution is 7.05. The average molecular weight is 259 g/mol. The predicted octanol–water partition coefficient (Wildman–Crippen LogP) is 2.61. The van der Waals surface area contributed by atoms with E-state index >= 15 is 0 Å². The largest absolute Gasteiger partial charge is 0.387 e. The summed E-state index contributed by atoms with van der Waals surface area (Å²) in [6.45, 7) is 0. The van der Waals surface area contributed by atoms with E-state index < -0.39 is 11.9 Å². The third kappa shape index (κ3) is 2.55. The molecule has 3 nitrogen and oxygen atoms in total. The third-order valence-corrected chi connectivity index (χ3v) is 3.19. The molecule has 1 unspecified atom stereocenters. The van der Waals surface area contributed by atoms with Crippen molar-refractivity contribution in [2.24, 2.45) is 0 Å². The second kappa shape index (κ2) is 4.86. The molecular weight excluding hydrogens is 251 g/mol. The smallest absolute Gasteiger partial charge is 0.142 e. The molecule has 0 aliphatic rings. The highest BCUT2D eigenvalue weighted by Gasteiger charge is 2.12. The molecule has 0 spiro atoms. The number of nitrogens with zero attached hydrogens (tertiary/aromatic N) is 2. The predicted molar refractivity (Wildman–Crippen MR) is 60.0 cm³/mol. The summed E-state index contributed by atoms with van der Waals surface area (Å²) in [5.74, 6) is -0.478. The zero-order valence-electron chi connectivity index (χ0n) is 8.10. The van der Waals surface area contributed by atoms with Gasteiger partial charge >= 0.3 is 0 Å². The Hall–Kier alpha value is -1.04. The number of halogens is 2. The Morgan fingerprint density at radius 1 is 1.50 bits per heavy atom. The number of hydrogen-bond donors (Lipinski definition) is 1. The molecule has 0 amide bonds. The summed E-state index contributed by atoms with van der Waals surface area (Å²) < 4.78 is 16.8. The molecule has 1 heterocycles. The normalized spacial score (nSPS) is 12.7. The molecule has 0 saturated heterocycles. The Morgan fingerprint density at radius 2 is 2.31 bits per heavy atom. The third-order valence-electron chi connectivity index (χ3n) is 2.12. The Morgan fingerprint density at radius 3 is 2.94 bits per heavy atom. The van der Waals surface area contributed by atoms with Crippen LogP contribution in [-0.4, -0.2) is 14.7 Å². The van der Waals surface area contributed by atoms with Gasteiger partial charge in [0.25, 0.3) is 0 Å². The Bertz CT molecular complexity index is 478. The van der Waals surface area contributed by atoms with Gasteiger partial charge in [0.15, 0.2) is 0 Å². The lowest BCUT2D eigenvalue weighted by Crippen LogP contribution is -2.00. The van der Waals surface area contributed by atoms with Crippen molar-refractivity contribution >= 4 is 23.1 Å². The van der Waals surface area contributed by atoms with Gasteiger partial charge in [-0.1, -0.05) is 22.2 Å². The van der Waals surface area contributed by atoms with Crippen LogP contribution < -0.4 is 0 Å². The topological polar surface area (TPSA) is 46.0 Å². The summed E-state index contributed by atoms with van der Waals surface area (Å²) >= 11 is 6.69. The molecule has 1 atom stereocenters. The van der Waals surface area contributed by atoms with E-state index in [4.69, 9.17) is 11.6 Å². The molecule has 16 heavy (non-hydrogen) atoms. The van der Waals surface area contributed by atoms with Gasteiger partial charge < -0.3 is 5.11 Å². The number of aliphatic hydroxyl groups is 1. The molecule has 84 valence electrons. The fraction of sp³-hybridized carbons (Fsp3) is 0.200. The lowest BCUT2D eigenvalue weighted by molar-refractivity contribution is 0.182. The van der Waals surface area contributed by atoms with Gasteiger partial charge in [0.2, 0.25) is 0 Å². The first-order valence-corrected chi connectivity index (χ1v) is 5.71. The van der Waals surface area contributed by atoms with E-state index in [2.05, 4.69) is 9.59 Å². The van der Waals surface area contributed by atoms with E-state index in [1.54, 1.807) is 6.07 Å². The van der Waals surface area contributed by atoms with Crippen molar-refractivity contribution in [3.8, 4) is 0 Å². The first-order chi connectivity index (χ1) is 7.66. The number of aromatic nitrogens is 2. The van der Waals surface area contributed by atoms with Crippen LogP contribution in [0, 0.1) is 5.82 Å². The van der Waals surface area contributed by atoms with Crippen LogP contribution in [0.5, 0.6) is 0 Å². The summed E-state index contributed by atoms with van der Waals surface area (Å²) in [6, 6.07) is 4.48.